The van der Waals surface area contributed by atoms with Gasteiger partial charge in [0.15, 0.2) is 0 Å². The maximum absolute atomic E-state index is 13.0. The number of nitrogens with zero attached hydrogens (tertiary/aromatic N) is 2. The van der Waals surface area contributed by atoms with E-state index in [-0.39, 0.29) is 16.0 Å². The van der Waals surface area contributed by atoms with Crippen LogP contribution in [0.5, 0.6) is 0 Å². The van der Waals surface area contributed by atoms with Crippen LogP contribution in [0, 0.1) is 18.3 Å². The Kier molecular flexibility index (Phi) is 4.79. The molecule has 2 rings (SSSR count). The van der Waals surface area contributed by atoms with Crippen molar-refractivity contribution in [3.05, 3.63) is 22.9 Å². The summed E-state index contributed by atoms with van der Waals surface area (Å²) in [7, 11) is 0. The number of thioether (sulfide) groups is 1. The second kappa shape index (κ2) is 6.24. The van der Waals surface area contributed by atoms with E-state index in [4.69, 9.17) is 5.26 Å². The molecule has 1 N–H and O–H groups in total. The SMILES string of the molecule is Cc1cc(C(F)(F)F)c(C#N)c(SC2CCCCC2O)n1. The van der Waals surface area contributed by atoms with Crippen molar-refractivity contribution >= 4 is 11.8 Å². The molecule has 21 heavy (non-hydrogen) atoms. The minimum absolute atomic E-state index is 0.0655. The van der Waals surface area contributed by atoms with Gasteiger partial charge < -0.3 is 5.11 Å². The Morgan fingerprint density at radius 3 is 2.62 bits per heavy atom. The van der Waals surface area contributed by atoms with Gasteiger partial charge in [-0.3, -0.25) is 0 Å². The number of hydrogen-bond donors (Lipinski definition) is 1. The Morgan fingerprint density at radius 2 is 2.05 bits per heavy atom. The number of aliphatic hydroxyl groups is 1. The van der Waals surface area contributed by atoms with Crippen LogP contribution in [0.2, 0.25) is 0 Å². The van der Waals surface area contributed by atoms with Crippen LogP contribution in [0.1, 0.15) is 42.5 Å². The number of hydrogen-bond acceptors (Lipinski definition) is 4. The monoisotopic (exact) mass is 316 g/mol. The molecule has 2 unspecified atom stereocenters. The van der Waals surface area contributed by atoms with E-state index in [1.165, 1.54) is 6.92 Å². The molecule has 0 saturated heterocycles. The van der Waals surface area contributed by atoms with Crippen LogP contribution >= 0.6 is 11.8 Å². The third-order valence-corrected chi connectivity index (χ3v) is 4.83. The highest BCUT2D eigenvalue weighted by atomic mass is 32.2. The predicted octanol–water partition coefficient (Wildman–Crippen LogP) is 3.68. The van der Waals surface area contributed by atoms with Crippen molar-refractivity contribution < 1.29 is 18.3 Å². The van der Waals surface area contributed by atoms with Crippen molar-refractivity contribution in [1.29, 1.82) is 5.26 Å². The fourth-order valence-electron chi connectivity index (χ4n) is 2.42. The third kappa shape index (κ3) is 3.69. The van der Waals surface area contributed by atoms with Gasteiger partial charge in [-0.25, -0.2) is 4.98 Å². The Bertz CT molecular complexity index is 569. The van der Waals surface area contributed by atoms with Gasteiger partial charge in [-0.15, -0.1) is 0 Å². The molecule has 3 nitrogen and oxygen atoms in total. The van der Waals surface area contributed by atoms with Gasteiger partial charge in [0.25, 0.3) is 0 Å². The van der Waals surface area contributed by atoms with Crippen molar-refractivity contribution in [2.24, 2.45) is 0 Å². The molecule has 114 valence electrons. The van der Waals surface area contributed by atoms with Crippen molar-refractivity contribution in [2.75, 3.05) is 0 Å². The summed E-state index contributed by atoms with van der Waals surface area (Å²) in [6, 6.07) is 2.51. The quantitative estimate of drug-likeness (QED) is 0.904. The number of aromatic nitrogens is 1. The van der Waals surface area contributed by atoms with Gasteiger partial charge in [0.1, 0.15) is 11.1 Å². The van der Waals surface area contributed by atoms with Gasteiger partial charge in [-0.1, -0.05) is 24.6 Å². The van der Waals surface area contributed by atoms with E-state index in [2.05, 4.69) is 4.98 Å². The lowest BCUT2D eigenvalue weighted by Crippen LogP contribution is -2.27. The van der Waals surface area contributed by atoms with Crippen LogP contribution < -0.4 is 0 Å². The molecule has 0 radical (unpaired) electrons. The lowest BCUT2D eigenvalue weighted by molar-refractivity contribution is -0.138. The molecule has 0 aromatic carbocycles. The number of pyridine rings is 1. The molecular weight excluding hydrogens is 301 g/mol. The van der Waals surface area contributed by atoms with E-state index in [9.17, 15) is 18.3 Å². The number of nitriles is 1. The summed E-state index contributed by atoms with van der Waals surface area (Å²) in [4.78, 5) is 4.08. The van der Waals surface area contributed by atoms with Crippen molar-refractivity contribution in [2.45, 2.75) is 55.2 Å². The molecule has 7 heteroatoms. The first kappa shape index (κ1) is 16.1. The lowest BCUT2D eigenvalue weighted by atomic mass is 9.97. The molecule has 2 atom stereocenters. The highest BCUT2D eigenvalue weighted by Crippen LogP contribution is 2.39. The summed E-state index contributed by atoms with van der Waals surface area (Å²) >= 11 is 1.08. The minimum atomic E-state index is -4.58. The van der Waals surface area contributed by atoms with Crippen LogP contribution in [0.3, 0.4) is 0 Å². The first-order valence-electron chi connectivity index (χ1n) is 6.66. The molecule has 1 heterocycles. The molecule has 1 saturated carbocycles. The fraction of sp³-hybridized carbons (Fsp3) is 0.571. The lowest BCUT2D eigenvalue weighted by Gasteiger charge is -2.27. The maximum Gasteiger partial charge on any atom is 0.417 e. The van der Waals surface area contributed by atoms with Gasteiger partial charge in [-0.2, -0.15) is 18.4 Å². The Labute approximate surface area is 125 Å². The molecule has 1 aliphatic carbocycles. The summed E-state index contributed by atoms with van der Waals surface area (Å²) in [5.74, 6) is 0. The Morgan fingerprint density at radius 1 is 1.38 bits per heavy atom. The standard InChI is InChI=1S/C14H15F3N2OS/c1-8-6-10(14(15,16)17)9(7-18)13(19-8)21-12-5-3-2-4-11(12)20/h6,11-12,20H,2-5H2,1H3. The van der Waals surface area contributed by atoms with Gasteiger partial charge in [-0.05, 0) is 25.8 Å². The highest BCUT2D eigenvalue weighted by molar-refractivity contribution is 8.00. The maximum atomic E-state index is 13.0. The topological polar surface area (TPSA) is 56.9 Å². The fourth-order valence-corrected chi connectivity index (χ4v) is 3.75. The number of halogens is 3. The molecule has 1 aliphatic rings. The highest BCUT2D eigenvalue weighted by Gasteiger charge is 2.36. The second-order valence-corrected chi connectivity index (χ2v) is 6.34. The molecule has 0 bridgehead atoms. The summed E-state index contributed by atoms with van der Waals surface area (Å²) in [5.41, 5.74) is -1.18. The number of alkyl halides is 3. The van der Waals surface area contributed by atoms with E-state index in [1.807, 2.05) is 0 Å². The van der Waals surface area contributed by atoms with E-state index >= 15 is 0 Å². The van der Waals surface area contributed by atoms with Crippen molar-refractivity contribution in [3.63, 3.8) is 0 Å². The number of rotatable bonds is 2. The Balaban J connectivity index is 2.39. The van der Waals surface area contributed by atoms with Crippen LogP contribution in [0.15, 0.2) is 11.1 Å². The summed E-state index contributed by atoms with van der Waals surface area (Å²) in [6.45, 7) is 1.47. The molecule has 0 spiro atoms. The van der Waals surface area contributed by atoms with Gasteiger partial charge >= 0.3 is 6.18 Å². The summed E-state index contributed by atoms with van der Waals surface area (Å²) in [5, 5.41) is 18.9. The Hall–Kier alpha value is -1.26. The van der Waals surface area contributed by atoms with Crippen LogP contribution in [0.25, 0.3) is 0 Å². The average Bonchev–Trinajstić information content (AvgIpc) is 2.40. The zero-order valence-electron chi connectivity index (χ0n) is 11.4. The number of aliphatic hydroxyl groups excluding tert-OH is 1. The predicted molar refractivity (Wildman–Crippen MR) is 72.8 cm³/mol. The average molecular weight is 316 g/mol. The molecule has 0 amide bonds. The summed E-state index contributed by atoms with van der Waals surface area (Å²) in [6.07, 6.45) is -1.95. The van der Waals surface area contributed by atoms with Crippen molar-refractivity contribution in [3.8, 4) is 6.07 Å². The number of aryl methyl sites for hydroxylation is 1. The van der Waals surface area contributed by atoms with E-state index in [0.717, 1.165) is 30.7 Å². The van der Waals surface area contributed by atoms with Crippen LogP contribution in [-0.4, -0.2) is 21.4 Å². The molecule has 1 aromatic heterocycles. The third-order valence-electron chi connectivity index (χ3n) is 3.46. The molecule has 1 aromatic rings. The normalized spacial score (nSPS) is 22.9. The zero-order valence-corrected chi connectivity index (χ0v) is 12.3. The largest absolute Gasteiger partial charge is 0.417 e. The van der Waals surface area contributed by atoms with E-state index < -0.39 is 23.4 Å². The first-order chi connectivity index (χ1) is 9.82. The van der Waals surface area contributed by atoms with Crippen molar-refractivity contribution in [1.82, 2.24) is 4.98 Å². The molecular formula is C14H15F3N2OS. The first-order valence-corrected chi connectivity index (χ1v) is 7.54. The zero-order chi connectivity index (χ0) is 15.6. The van der Waals surface area contributed by atoms with E-state index in [0.29, 0.717) is 12.8 Å². The van der Waals surface area contributed by atoms with E-state index in [1.54, 1.807) is 6.07 Å². The minimum Gasteiger partial charge on any atom is -0.392 e. The molecule has 0 aliphatic heterocycles. The summed E-state index contributed by atoms with van der Waals surface area (Å²) < 4.78 is 39.0. The van der Waals surface area contributed by atoms with Gasteiger partial charge in [0.05, 0.1) is 17.2 Å². The smallest absolute Gasteiger partial charge is 0.392 e. The molecule has 1 fully saturated rings. The second-order valence-electron chi connectivity index (χ2n) is 5.11. The van der Waals surface area contributed by atoms with Crippen LogP contribution in [0.4, 0.5) is 13.2 Å². The van der Waals surface area contributed by atoms with Crippen LogP contribution in [-0.2, 0) is 6.18 Å². The van der Waals surface area contributed by atoms with Gasteiger partial charge in [0.2, 0.25) is 0 Å². The van der Waals surface area contributed by atoms with Gasteiger partial charge in [0, 0.05) is 10.9 Å².